The van der Waals surface area contributed by atoms with Gasteiger partial charge in [0.2, 0.25) is 0 Å². The highest BCUT2D eigenvalue weighted by atomic mass is 16.5. The van der Waals surface area contributed by atoms with Crippen molar-refractivity contribution >= 4 is 16.8 Å². The van der Waals surface area contributed by atoms with Gasteiger partial charge in [0.15, 0.2) is 11.0 Å². The molecule has 0 spiro atoms. The molecule has 1 N–H and O–H groups in total. The normalized spacial score (nSPS) is 10.7. The number of hydrogen-bond donors (Lipinski definition) is 1. The lowest BCUT2D eigenvalue weighted by molar-refractivity contribution is -0.646. The first-order chi connectivity index (χ1) is 9.72. The smallest absolute Gasteiger partial charge is 0.329 e. The Morgan fingerprint density at radius 3 is 2.55 bits per heavy atom. The van der Waals surface area contributed by atoms with Gasteiger partial charge < -0.3 is 4.74 Å². The van der Waals surface area contributed by atoms with Gasteiger partial charge in [-0.05, 0) is 24.3 Å². The van der Waals surface area contributed by atoms with E-state index in [9.17, 15) is 4.79 Å². The molecule has 0 aliphatic rings. The predicted molar refractivity (Wildman–Crippen MR) is 75.9 cm³/mol. The largest absolute Gasteiger partial charge is 0.496 e. The third-order valence-electron chi connectivity index (χ3n) is 3.42. The number of carbonyl (C=O) groups excluding carboxylic acids is 1. The van der Waals surface area contributed by atoms with E-state index in [0.29, 0.717) is 17.1 Å². The van der Waals surface area contributed by atoms with Crippen LogP contribution in [0.1, 0.15) is 16.2 Å². The minimum absolute atomic E-state index is 0.0823. The monoisotopic (exact) mass is 267 g/mol. The van der Waals surface area contributed by atoms with Crippen molar-refractivity contribution in [1.82, 2.24) is 4.98 Å². The second-order valence-corrected chi connectivity index (χ2v) is 4.58. The molecular weight excluding hydrogens is 252 g/mol. The number of benzene rings is 2. The average molecular weight is 267 g/mol. The summed E-state index contributed by atoms with van der Waals surface area (Å²) in [5, 5.41) is 0. The van der Waals surface area contributed by atoms with Crippen LogP contribution in [0.25, 0.3) is 11.0 Å². The average Bonchev–Trinajstić information content (AvgIpc) is 2.84. The molecular formula is C16H15N2O2+. The molecule has 0 aliphatic heterocycles. The van der Waals surface area contributed by atoms with Gasteiger partial charge in [-0.25, -0.2) is 9.55 Å². The van der Waals surface area contributed by atoms with E-state index in [1.807, 2.05) is 48.0 Å². The maximum Gasteiger partial charge on any atom is 0.329 e. The van der Waals surface area contributed by atoms with Gasteiger partial charge in [0.1, 0.15) is 5.75 Å². The molecule has 20 heavy (non-hydrogen) atoms. The van der Waals surface area contributed by atoms with Crippen LogP contribution in [0.4, 0.5) is 0 Å². The number of carbonyl (C=O) groups is 1. The summed E-state index contributed by atoms with van der Waals surface area (Å²) in [6, 6.07) is 15.1. The van der Waals surface area contributed by atoms with Crippen LogP contribution in [-0.4, -0.2) is 17.9 Å². The van der Waals surface area contributed by atoms with Crippen molar-refractivity contribution < 1.29 is 14.1 Å². The number of aromatic amines is 1. The number of rotatable bonds is 3. The SMILES string of the molecule is COc1ccccc1C(=O)c1[nH]c2ccccc2[n+]1C. The number of aromatic nitrogens is 2. The molecule has 2 aromatic carbocycles. The first kappa shape index (κ1) is 12.4. The molecule has 3 rings (SSSR count). The summed E-state index contributed by atoms with van der Waals surface area (Å²) in [5.41, 5.74) is 2.48. The fraction of sp³-hybridized carbons (Fsp3) is 0.125. The molecule has 0 saturated carbocycles. The zero-order valence-electron chi connectivity index (χ0n) is 11.4. The van der Waals surface area contributed by atoms with Crippen molar-refractivity contribution in [2.75, 3.05) is 7.11 Å². The van der Waals surface area contributed by atoms with E-state index < -0.39 is 0 Å². The van der Waals surface area contributed by atoms with Crippen LogP contribution < -0.4 is 9.30 Å². The molecule has 100 valence electrons. The fourth-order valence-corrected chi connectivity index (χ4v) is 2.37. The number of H-pyrrole nitrogens is 1. The summed E-state index contributed by atoms with van der Waals surface area (Å²) in [7, 11) is 3.44. The minimum atomic E-state index is -0.0823. The Morgan fingerprint density at radius 2 is 1.80 bits per heavy atom. The highest BCUT2D eigenvalue weighted by molar-refractivity contribution is 6.08. The summed E-state index contributed by atoms with van der Waals surface area (Å²) in [6.45, 7) is 0. The number of nitrogens with one attached hydrogen (secondary N) is 1. The Kier molecular flexibility index (Phi) is 2.99. The van der Waals surface area contributed by atoms with Gasteiger partial charge in [-0.1, -0.05) is 24.3 Å². The fourth-order valence-electron chi connectivity index (χ4n) is 2.37. The summed E-state index contributed by atoms with van der Waals surface area (Å²) in [5.74, 6) is 1.04. The summed E-state index contributed by atoms with van der Waals surface area (Å²) in [6.07, 6.45) is 0. The number of aryl methyl sites for hydroxylation is 1. The number of methoxy groups -OCH3 is 1. The zero-order valence-corrected chi connectivity index (χ0v) is 11.4. The topological polar surface area (TPSA) is 46.0 Å². The molecule has 0 radical (unpaired) electrons. The number of nitrogens with zero attached hydrogens (tertiary/aromatic N) is 1. The minimum Gasteiger partial charge on any atom is -0.496 e. The van der Waals surface area contributed by atoms with E-state index in [4.69, 9.17) is 4.74 Å². The highest BCUT2D eigenvalue weighted by Crippen LogP contribution is 2.20. The summed E-state index contributed by atoms with van der Waals surface area (Å²) < 4.78 is 7.12. The molecule has 4 heteroatoms. The lowest BCUT2D eigenvalue weighted by atomic mass is 10.1. The van der Waals surface area contributed by atoms with E-state index >= 15 is 0 Å². The molecule has 0 bridgehead atoms. The second kappa shape index (κ2) is 4.81. The standard InChI is InChI=1S/C16H14N2O2/c1-18-13-9-5-4-8-12(13)17-16(18)15(19)11-7-3-6-10-14(11)20-2/h3-10H,1-2H3/p+1. The van der Waals surface area contributed by atoms with Crippen molar-refractivity contribution in [3.8, 4) is 5.75 Å². The highest BCUT2D eigenvalue weighted by Gasteiger charge is 2.25. The van der Waals surface area contributed by atoms with E-state index in [-0.39, 0.29) is 5.78 Å². The lowest BCUT2D eigenvalue weighted by Crippen LogP contribution is -2.34. The molecule has 1 aromatic heterocycles. The van der Waals surface area contributed by atoms with Crippen LogP contribution in [0.15, 0.2) is 48.5 Å². The number of ketones is 1. The number of fused-ring (bicyclic) bond motifs is 1. The maximum absolute atomic E-state index is 12.7. The van der Waals surface area contributed by atoms with Crippen molar-refractivity contribution in [1.29, 1.82) is 0 Å². The molecule has 0 saturated heterocycles. The Bertz CT molecular complexity index is 790. The van der Waals surface area contributed by atoms with Gasteiger partial charge in [0.25, 0.3) is 5.78 Å². The zero-order chi connectivity index (χ0) is 14.1. The van der Waals surface area contributed by atoms with E-state index in [0.717, 1.165) is 11.0 Å². The number of ether oxygens (including phenoxy) is 1. The number of hydrogen-bond acceptors (Lipinski definition) is 2. The quantitative estimate of drug-likeness (QED) is 0.584. The van der Waals surface area contributed by atoms with Crippen molar-refractivity contribution in [2.24, 2.45) is 7.05 Å². The van der Waals surface area contributed by atoms with Crippen molar-refractivity contribution in [2.45, 2.75) is 0 Å². The van der Waals surface area contributed by atoms with Crippen molar-refractivity contribution in [3.63, 3.8) is 0 Å². The van der Waals surface area contributed by atoms with Crippen LogP contribution in [0.2, 0.25) is 0 Å². The predicted octanol–water partition coefficient (Wildman–Crippen LogP) is 2.23. The van der Waals surface area contributed by atoms with Gasteiger partial charge in [-0.3, -0.25) is 4.79 Å². The van der Waals surface area contributed by atoms with E-state index in [1.165, 1.54) is 0 Å². The molecule has 0 fully saturated rings. The molecule has 0 amide bonds. The van der Waals surface area contributed by atoms with E-state index in [2.05, 4.69) is 4.98 Å². The van der Waals surface area contributed by atoms with Crippen molar-refractivity contribution in [3.05, 3.63) is 59.9 Å². The Labute approximate surface area is 116 Å². The van der Waals surface area contributed by atoms with Crippen LogP contribution in [0.3, 0.4) is 0 Å². The third-order valence-corrected chi connectivity index (χ3v) is 3.42. The molecule has 4 nitrogen and oxygen atoms in total. The third kappa shape index (κ3) is 1.86. The van der Waals surface area contributed by atoms with Gasteiger partial charge in [-0.15, -0.1) is 0 Å². The van der Waals surface area contributed by atoms with Gasteiger partial charge in [0, 0.05) is 0 Å². The van der Waals surface area contributed by atoms with Gasteiger partial charge in [-0.2, -0.15) is 0 Å². The van der Waals surface area contributed by atoms with Crippen LogP contribution >= 0.6 is 0 Å². The lowest BCUT2D eigenvalue weighted by Gasteiger charge is -2.04. The summed E-state index contributed by atoms with van der Waals surface area (Å²) in [4.78, 5) is 15.9. The van der Waals surface area contributed by atoms with Gasteiger partial charge >= 0.3 is 5.82 Å². The van der Waals surface area contributed by atoms with Crippen LogP contribution in [-0.2, 0) is 7.05 Å². The first-order valence-corrected chi connectivity index (χ1v) is 6.37. The molecule has 0 unspecified atom stereocenters. The van der Waals surface area contributed by atoms with E-state index in [1.54, 1.807) is 19.2 Å². The summed E-state index contributed by atoms with van der Waals surface area (Å²) >= 11 is 0. The Morgan fingerprint density at radius 1 is 1.10 bits per heavy atom. The molecule has 0 atom stereocenters. The first-order valence-electron chi connectivity index (χ1n) is 6.37. The molecule has 3 aromatic rings. The molecule has 0 aliphatic carbocycles. The van der Waals surface area contributed by atoms with Crippen LogP contribution in [0.5, 0.6) is 5.75 Å². The Balaban J connectivity index is 2.15. The Hall–Kier alpha value is -2.62. The second-order valence-electron chi connectivity index (χ2n) is 4.58. The number of imidazole rings is 1. The maximum atomic E-state index is 12.7. The van der Waals surface area contributed by atoms with Crippen LogP contribution in [0, 0.1) is 0 Å². The molecule has 1 heterocycles. The number of para-hydroxylation sites is 3. The van der Waals surface area contributed by atoms with Gasteiger partial charge in [0.05, 0.1) is 19.7 Å².